The van der Waals surface area contributed by atoms with Gasteiger partial charge in [0, 0.05) is 18.2 Å². The van der Waals surface area contributed by atoms with E-state index < -0.39 is 6.10 Å². The molecule has 0 aromatic heterocycles. The first-order valence-electron chi connectivity index (χ1n) is 6.96. The van der Waals surface area contributed by atoms with E-state index in [0.717, 1.165) is 6.54 Å². The molecule has 0 spiro atoms. The summed E-state index contributed by atoms with van der Waals surface area (Å²) in [5.74, 6) is 0.0280. The Balaban J connectivity index is 2.91. The lowest BCUT2D eigenvalue weighted by molar-refractivity contribution is -0.127. The average molecular weight is 282 g/mol. The molecular weight excluding hydrogens is 259 g/mol. The Bertz CT molecular complexity index is 451. The summed E-state index contributed by atoms with van der Waals surface area (Å²) in [6.45, 7) is 8.76. The van der Waals surface area contributed by atoms with E-state index in [9.17, 15) is 9.18 Å². The maximum absolute atomic E-state index is 13.4. The van der Waals surface area contributed by atoms with Crippen molar-refractivity contribution in [1.82, 2.24) is 10.6 Å². The van der Waals surface area contributed by atoms with E-state index in [2.05, 4.69) is 10.6 Å². The van der Waals surface area contributed by atoms with Crippen LogP contribution in [0, 0.1) is 5.82 Å². The number of likely N-dealkylation sites (N-methyl/N-ethyl adjacent to an activating group) is 1. The van der Waals surface area contributed by atoms with E-state index in [-0.39, 0.29) is 17.8 Å². The van der Waals surface area contributed by atoms with Gasteiger partial charge in [-0.15, -0.1) is 0 Å². The van der Waals surface area contributed by atoms with Gasteiger partial charge in [0.15, 0.2) is 6.10 Å². The molecule has 1 rings (SSSR count). The van der Waals surface area contributed by atoms with Crippen molar-refractivity contribution in [2.24, 2.45) is 0 Å². The molecule has 20 heavy (non-hydrogen) atoms. The van der Waals surface area contributed by atoms with E-state index in [0.29, 0.717) is 17.9 Å². The molecule has 0 saturated heterocycles. The van der Waals surface area contributed by atoms with Crippen LogP contribution in [0.5, 0.6) is 5.75 Å². The van der Waals surface area contributed by atoms with E-state index in [1.807, 2.05) is 20.8 Å². The van der Waals surface area contributed by atoms with Gasteiger partial charge in [-0.2, -0.15) is 0 Å². The van der Waals surface area contributed by atoms with Crippen LogP contribution in [0.15, 0.2) is 18.2 Å². The summed E-state index contributed by atoms with van der Waals surface area (Å²) in [5.41, 5.74) is 0.711. The molecule has 0 aliphatic carbocycles. The third kappa shape index (κ3) is 4.49. The van der Waals surface area contributed by atoms with Crippen LogP contribution in [0.2, 0.25) is 0 Å². The van der Waals surface area contributed by atoms with Crippen molar-refractivity contribution < 1.29 is 13.9 Å². The van der Waals surface area contributed by atoms with Crippen LogP contribution in [0.3, 0.4) is 0 Å². The third-order valence-corrected chi connectivity index (χ3v) is 2.97. The third-order valence-electron chi connectivity index (χ3n) is 2.97. The summed E-state index contributed by atoms with van der Waals surface area (Å²) < 4.78 is 19.1. The molecule has 5 heteroatoms. The number of halogens is 1. The minimum absolute atomic E-state index is 0.0489. The molecule has 0 aliphatic heterocycles. The fourth-order valence-corrected chi connectivity index (χ4v) is 1.94. The molecule has 0 saturated carbocycles. The summed E-state index contributed by atoms with van der Waals surface area (Å²) in [6.07, 6.45) is -0.618. The first-order valence-corrected chi connectivity index (χ1v) is 6.96. The summed E-state index contributed by atoms with van der Waals surface area (Å²) in [6, 6.07) is 4.29. The number of nitrogens with one attached hydrogen (secondary N) is 2. The van der Waals surface area contributed by atoms with Gasteiger partial charge in [0.1, 0.15) is 11.6 Å². The number of amides is 1. The van der Waals surface area contributed by atoms with Crippen LogP contribution < -0.4 is 15.4 Å². The highest BCUT2D eigenvalue weighted by molar-refractivity contribution is 5.80. The number of hydrogen-bond donors (Lipinski definition) is 2. The Morgan fingerprint density at radius 3 is 2.60 bits per heavy atom. The fraction of sp³-hybridized carbons (Fsp3) is 0.533. The minimum atomic E-state index is -0.618. The number of ether oxygens (including phenoxy) is 1. The summed E-state index contributed by atoms with van der Waals surface area (Å²) >= 11 is 0. The number of carbonyl (C=O) groups excluding carboxylic acids is 1. The van der Waals surface area contributed by atoms with E-state index >= 15 is 0 Å². The van der Waals surface area contributed by atoms with Gasteiger partial charge in [-0.3, -0.25) is 4.79 Å². The van der Waals surface area contributed by atoms with Gasteiger partial charge in [0.25, 0.3) is 5.91 Å². The van der Waals surface area contributed by atoms with Gasteiger partial charge >= 0.3 is 0 Å². The zero-order valence-corrected chi connectivity index (χ0v) is 12.5. The first kappa shape index (κ1) is 16.4. The standard InChI is InChI=1S/C15H23FN2O2/c1-5-17-10(3)13-9-12(16)7-8-14(13)20-11(4)15(19)18-6-2/h7-11,17H,5-6H2,1-4H3,(H,18,19). The molecule has 1 amide bonds. The number of hydrogen-bond acceptors (Lipinski definition) is 3. The molecule has 0 aliphatic rings. The van der Waals surface area contributed by atoms with Crippen molar-refractivity contribution in [3.05, 3.63) is 29.6 Å². The molecule has 0 fully saturated rings. The van der Waals surface area contributed by atoms with Gasteiger partial charge in [-0.25, -0.2) is 4.39 Å². The maximum Gasteiger partial charge on any atom is 0.260 e. The molecule has 0 heterocycles. The smallest absolute Gasteiger partial charge is 0.260 e. The highest BCUT2D eigenvalue weighted by atomic mass is 19.1. The molecule has 112 valence electrons. The highest BCUT2D eigenvalue weighted by Gasteiger charge is 2.18. The van der Waals surface area contributed by atoms with Crippen molar-refractivity contribution >= 4 is 5.91 Å². The SMILES string of the molecule is CCNC(=O)C(C)Oc1ccc(F)cc1C(C)NCC. The highest BCUT2D eigenvalue weighted by Crippen LogP contribution is 2.27. The summed E-state index contributed by atoms with van der Waals surface area (Å²) in [5, 5.41) is 5.91. The van der Waals surface area contributed by atoms with Gasteiger partial charge in [0.2, 0.25) is 0 Å². The Labute approximate surface area is 119 Å². The Morgan fingerprint density at radius 2 is 2.00 bits per heavy atom. The molecule has 0 bridgehead atoms. The van der Waals surface area contributed by atoms with Crippen molar-refractivity contribution in [2.45, 2.75) is 39.8 Å². The molecule has 2 atom stereocenters. The topological polar surface area (TPSA) is 50.4 Å². The van der Waals surface area contributed by atoms with Crippen LogP contribution in [0.1, 0.15) is 39.3 Å². The molecule has 2 N–H and O–H groups in total. The maximum atomic E-state index is 13.4. The molecule has 0 radical (unpaired) electrons. The number of rotatable bonds is 7. The van der Waals surface area contributed by atoms with Crippen molar-refractivity contribution in [1.29, 1.82) is 0 Å². The second-order valence-electron chi connectivity index (χ2n) is 4.62. The zero-order valence-electron chi connectivity index (χ0n) is 12.5. The van der Waals surface area contributed by atoms with Crippen LogP contribution in [-0.2, 0) is 4.79 Å². The van der Waals surface area contributed by atoms with Crippen molar-refractivity contribution in [3.63, 3.8) is 0 Å². The largest absolute Gasteiger partial charge is 0.481 e. The lowest BCUT2D eigenvalue weighted by atomic mass is 10.1. The lowest BCUT2D eigenvalue weighted by Gasteiger charge is -2.20. The van der Waals surface area contributed by atoms with Crippen molar-refractivity contribution in [2.75, 3.05) is 13.1 Å². The van der Waals surface area contributed by atoms with E-state index in [1.165, 1.54) is 12.1 Å². The molecule has 4 nitrogen and oxygen atoms in total. The normalized spacial score (nSPS) is 13.7. The average Bonchev–Trinajstić information content (AvgIpc) is 2.41. The predicted octanol–water partition coefficient (Wildman–Crippen LogP) is 2.40. The van der Waals surface area contributed by atoms with Crippen LogP contribution in [0.25, 0.3) is 0 Å². The van der Waals surface area contributed by atoms with Crippen LogP contribution in [-0.4, -0.2) is 25.1 Å². The number of carbonyl (C=O) groups is 1. The van der Waals surface area contributed by atoms with Crippen LogP contribution in [0.4, 0.5) is 4.39 Å². The zero-order chi connectivity index (χ0) is 15.1. The predicted molar refractivity (Wildman–Crippen MR) is 77.3 cm³/mol. The van der Waals surface area contributed by atoms with Gasteiger partial charge in [-0.05, 0) is 45.5 Å². The summed E-state index contributed by atoms with van der Waals surface area (Å²) in [7, 11) is 0. The fourth-order valence-electron chi connectivity index (χ4n) is 1.94. The quantitative estimate of drug-likeness (QED) is 0.807. The van der Waals surface area contributed by atoms with Crippen LogP contribution >= 0.6 is 0 Å². The molecular formula is C15H23FN2O2. The lowest BCUT2D eigenvalue weighted by Crippen LogP contribution is -2.36. The van der Waals surface area contributed by atoms with E-state index in [1.54, 1.807) is 13.0 Å². The Hall–Kier alpha value is -1.62. The minimum Gasteiger partial charge on any atom is -0.481 e. The van der Waals surface area contributed by atoms with E-state index in [4.69, 9.17) is 4.74 Å². The first-order chi connectivity index (χ1) is 9.49. The van der Waals surface area contributed by atoms with Gasteiger partial charge < -0.3 is 15.4 Å². The second kappa shape index (κ2) is 7.85. The summed E-state index contributed by atoms with van der Waals surface area (Å²) in [4.78, 5) is 11.7. The molecule has 2 unspecified atom stereocenters. The van der Waals surface area contributed by atoms with Gasteiger partial charge in [0.05, 0.1) is 0 Å². The van der Waals surface area contributed by atoms with Crippen molar-refractivity contribution in [3.8, 4) is 5.75 Å². The molecule has 1 aromatic rings. The Kier molecular flexibility index (Phi) is 6.45. The molecule has 1 aromatic carbocycles. The monoisotopic (exact) mass is 282 g/mol. The Morgan fingerprint density at radius 1 is 1.30 bits per heavy atom. The second-order valence-corrected chi connectivity index (χ2v) is 4.62. The van der Waals surface area contributed by atoms with Gasteiger partial charge in [-0.1, -0.05) is 6.92 Å². The number of benzene rings is 1.